The van der Waals surface area contributed by atoms with Gasteiger partial charge in [0, 0.05) is 26.4 Å². The molecule has 1 aromatic heterocycles. The Balaban J connectivity index is 2.52. The molecule has 0 amide bonds. The fourth-order valence-electron chi connectivity index (χ4n) is 2.01. The van der Waals surface area contributed by atoms with Crippen LogP contribution in [0, 0.1) is 5.82 Å². The molecule has 1 heterocycles. The van der Waals surface area contributed by atoms with Crippen LogP contribution >= 0.6 is 11.6 Å². The van der Waals surface area contributed by atoms with Crippen molar-refractivity contribution < 1.29 is 26.9 Å². The summed E-state index contributed by atoms with van der Waals surface area (Å²) >= 11 is 5.91. The van der Waals surface area contributed by atoms with Crippen LogP contribution in [0.25, 0.3) is 16.8 Å². The molecular formula is C16H13ClF4N2O2. The van der Waals surface area contributed by atoms with Gasteiger partial charge in [-0.25, -0.2) is 8.78 Å². The predicted molar refractivity (Wildman–Crippen MR) is 84.5 cm³/mol. The minimum atomic E-state index is -4.22. The van der Waals surface area contributed by atoms with E-state index in [0.717, 1.165) is 18.3 Å². The van der Waals surface area contributed by atoms with Gasteiger partial charge in [-0.15, -0.1) is 0 Å². The normalized spacial score (nSPS) is 12.4. The average molecular weight is 377 g/mol. The zero-order valence-corrected chi connectivity index (χ0v) is 14.0. The van der Waals surface area contributed by atoms with Crippen LogP contribution in [0.2, 0.25) is 5.02 Å². The second kappa shape index (κ2) is 7.26. The third-order valence-electron chi connectivity index (χ3n) is 3.13. The van der Waals surface area contributed by atoms with E-state index in [-0.39, 0.29) is 22.0 Å². The van der Waals surface area contributed by atoms with Crippen molar-refractivity contribution in [1.29, 1.82) is 0 Å². The van der Waals surface area contributed by atoms with Crippen molar-refractivity contribution in [2.45, 2.75) is 5.92 Å². The maximum atomic E-state index is 13.9. The first-order valence-corrected chi connectivity index (χ1v) is 7.33. The summed E-state index contributed by atoms with van der Waals surface area (Å²) in [4.78, 5) is 13.2. The summed E-state index contributed by atoms with van der Waals surface area (Å²) < 4.78 is 58.3. The molecule has 0 radical (unpaired) electrons. The summed E-state index contributed by atoms with van der Waals surface area (Å²) in [5.41, 5.74) is -0.786. The fourth-order valence-corrected chi connectivity index (χ4v) is 2.27. The van der Waals surface area contributed by atoms with Crippen molar-refractivity contribution in [3.05, 3.63) is 47.1 Å². The molecule has 0 bridgehead atoms. The van der Waals surface area contributed by atoms with Crippen LogP contribution < -0.4 is 0 Å². The standard InChI is InChI=1S/C16H13ClF4N2O2/c1-23(2)7-9(15(24)16(20,21)8-18)13-6-12(22-25-13)14-10(17)4-3-5-11(14)19/h3-7H,8H2,1-2H3/b9-7-. The zero-order chi connectivity index (χ0) is 18.8. The van der Waals surface area contributed by atoms with E-state index in [1.54, 1.807) is 0 Å². The summed E-state index contributed by atoms with van der Waals surface area (Å²) in [5.74, 6) is -7.05. The topological polar surface area (TPSA) is 46.3 Å². The second-order valence-electron chi connectivity index (χ2n) is 5.35. The number of hydrogen-bond acceptors (Lipinski definition) is 4. The van der Waals surface area contributed by atoms with Crippen LogP contribution in [0.3, 0.4) is 0 Å². The van der Waals surface area contributed by atoms with Gasteiger partial charge in [0.15, 0.2) is 12.4 Å². The summed E-state index contributed by atoms with van der Waals surface area (Å²) in [7, 11) is 2.96. The highest BCUT2D eigenvalue weighted by Crippen LogP contribution is 2.33. The summed E-state index contributed by atoms with van der Waals surface area (Å²) in [6.07, 6.45) is 1.04. The number of allylic oxidation sites excluding steroid dienone is 1. The Morgan fingerprint density at radius 3 is 2.64 bits per heavy atom. The monoisotopic (exact) mass is 376 g/mol. The predicted octanol–water partition coefficient (Wildman–Crippen LogP) is 4.21. The molecule has 0 aliphatic heterocycles. The van der Waals surface area contributed by atoms with Crippen LogP contribution in [0.4, 0.5) is 17.6 Å². The van der Waals surface area contributed by atoms with Gasteiger partial charge in [0.2, 0.25) is 5.78 Å². The third-order valence-corrected chi connectivity index (χ3v) is 3.44. The molecule has 0 unspecified atom stereocenters. The lowest BCUT2D eigenvalue weighted by Gasteiger charge is -2.14. The fraction of sp³-hybridized carbons (Fsp3) is 0.250. The number of carbonyl (C=O) groups is 1. The minimum absolute atomic E-state index is 0.0263. The maximum Gasteiger partial charge on any atom is 0.337 e. The van der Waals surface area contributed by atoms with Gasteiger partial charge < -0.3 is 9.42 Å². The molecule has 0 saturated heterocycles. The van der Waals surface area contributed by atoms with Gasteiger partial charge in [0.05, 0.1) is 16.2 Å². The number of aromatic nitrogens is 1. The van der Waals surface area contributed by atoms with Gasteiger partial charge in [0.25, 0.3) is 0 Å². The Kier molecular flexibility index (Phi) is 5.52. The molecule has 1 aromatic carbocycles. The zero-order valence-electron chi connectivity index (χ0n) is 13.2. The number of alkyl halides is 3. The van der Waals surface area contributed by atoms with Gasteiger partial charge in [-0.2, -0.15) is 8.78 Å². The maximum absolute atomic E-state index is 13.9. The number of Topliss-reactive ketones (excluding diaryl/α,β-unsaturated/α-hetero) is 1. The number of carbonyl (C=O) groups excluding carboxylic acids is 1. The highest BCUT2D eigenvalue weighted by atomic mass is 35.5. The van der Waals surface area contributed by atoms with Crippen molar-refractivity contribution in [3.63, 3.8) is 0 Å². The lowest BCUT2D eigenvalue weighted by atomic mass is 10.0. The van der Waals surface area contributed by atoms with Gasteiger partial charge >= 0.3 is 5.92 Å². The summed E-state index contributed by atoms with van der Waals surface area (Å²) in [6.45, 7) is -2.16. The molecule has 2 rings (SSSR count). The minimum Gasteiger partial charge on any atom is -0.383 e. The van der Waals surface area contributed by atoms with E-state index in [1.807, 2.05) is 0 Å². The van der Waals surface area contributed by atoms with Gasteiger partial charge in [-0.3, -0.25) is 4.79 Å². The Morgan fingerprint density at radius 2 is 2.08 bits per heavy atom. The van der Waals surface area contributed by atoms with Crippen LogP contribution in [0.1, 0.15) is 5.76 Å². The molecule has 0 fully saturated rings. The van der Waals surface area contributed by atoms with E-state index < -0.39 is 29.8 Å². The molecule has 0 N–H and O–H groups in total. The average Bonchev–Trinajstić information content (AvgIpc) is 3.01. The lowest BCUT2D eigenvalue weighted by Crippen LogP contribution is -2.32. The summed E-state index contributed by atoms with van der Waals surface area (Å²) in [5, 5.41) is 3.60. The molecule has 0 aliphatic carbocycles. The van der Waals surface area contributed by atoms with Crippen molar-refractivity contribution in [2.75, 3.05) is 20.8 Å². The smallest absolute Gasteiger partial charge is 0.337 e. The van der Waals surface area contributed by atoms with E-state index in [9.17, 15) is 22.4 Å². The molecule has 0 saturated carbocycles. The number of ketones is 1. The van der Waals surface area contributed by atoms with Crippen LogP contribution in [0.5, 0.6) is 0 Å². The van der Waals surface area contributed by atoms with Gasteiger partial charge in [-0.05, 0) is 12.1 Å². The van der Waals surface area contributed by atoms with E-state index in [2.05, 4.69) is 5.16 Å². The van der Waals surface area contributed by atoms with Crippen molar-refractivity contribution in [3.8, 4) is 11.3 Å². The SMILES string of the molecule is CN(C)/C=C(\C(=O)C(F)(F)CF)c1cc(-c2c(F)cccc2Cl)no1. The van der Waals surface area contributed by atoms with Crippen LogP contribution in [-0.4, -0.2) is 42.5 Å². The van der Waals surface area contributed by atoms with Crippen molar-refractivity contribution >= 4 is 23.0 Å². The Labute approximate surface area is 145 Å². The largest absolute Gasteiger partial charge is 0.383 e. The first-order chi connectivity index (χ1) is 11.7. The molecule has 134 valence electrons. The Hall–Kier alpha value is -2.35. The van der Waals surface area contributed by atoms with Gasteiger partial charge in [0.1, 0.15) is 11.5 Å². The lowest BCUT2D eigenvalue weighted by molar-refractivity contribution is -0.138. The molecule has 2 aromatic rings. The van der Waals surface area contributed by atoms with E-state index in [0.29, 0.717) is 0 Å². The number of halogens is 5. The molecule has 0 aliphatic rings. The number of rotatable bonds is 6. The molecule has 4 nitrogen and oxygen atoms in total. The van der Waals surface area contributed by atoms with E-state index >= 15 is 0 Å². The molecule has 0 atom stereocenters. The highest BCUT2D eigenvalue weighted by Gasteiger charge is 2.42. The first kappa shape index (κ1) is 19.0. The second-order valence-corrected chi connectivity index (χ2v) is 5.75. The Morgan fingerprint density at radius 1 is 1.40 bits per heavy atom. The van der Waals surface area contributed by atoms with E-state index in [4.69, 9.17) is 16.1 Å². The quantitative estimate of drug-likeness (QED) is 0.559. The number of benzene rings is 1. The van der Waals surface area contributed by atoms with Crippen LogP contribution in [0.15, 0.2) is 35.0 Å². The Bertz CT molecular complexity index is 798. The number of hydrogen-bond donors (Lipinski definition) is 0. The molecule has 9 heteroatoms. The van der Waals surface area contributed by atoms with Gasteiger partial charge in [-0.1, -0.05) is 22.8 Å². The molecular weight excluding hydrogens is 364 g/mol. The first-order valence-electron chi connectivity index (χ1n) is 6.95. The summed E-state index contributed by atoms with van der Waals surface area (Å²) in [6, 6.07) is 5.01. The number of nitrogens with zero attached hydrogens (tertiary/aromatic N) is 2. The van der Waals surface area contributed by atoms with Crippen molar-refractivity contribution in [2.24, 2.45) is 0 Å². The third kappa shape index (κ3) is 4.01. The highest BCUT2D eigenvalue weighted by molar-refractivity contribution is 6.33. The van der Waals surface area contributed by atoms with E-state index in [1.165, 1.54) is 31.1 Å². The molecule has 0 spiro atoms. The van der Waals surface area contributed by atoms with Crippen LogP contribution in [-0.2, 0) is 4.79 Å². The molecule has 25 heavy (non-hydrogen) atoms. The van der Waals surface area contributed by atoms with Crippen molar-refractivity contribution in [1.82, 2.24) is 10.1 Å².